The van der Waals surface area contributed by atoms with Crippen molar-refractivity contribution in [3.05, 3.63) is 30.1 Å². The van der Waals surface area contributed by atoms with Gasteiger partial charge in [0.1, 0.15) is 0 Å². The first kappa shape index (κ1) is 18.4. The summed E-state index contributed by atoms with van der Waals surface area (Å²) in [5.74, 6) is 0.532. The van der Waals surface area contributed by atoms with Crippen molar-refractivity contribution >= 4 is 11.8 Å². The van der Waals surface area contributed by atoms with Crippen molar-refractivity contribution in [2.75, 3.05) is 33.2 Å². The maximum Gasteiger partial charge on any atom is 0.236 e. The van der Waals surface area contributed by atoms with Crippen LogP contribution in [-0.2, 0) is 16.1 Å². The summed E-state index contributed by atoms with van der Waals surface area (Å²) in [6.07, 6.45) is 9.66. The summed E-state index contributed by atoms with van der Waals surface area (Å²) in [6.45, 7) is 3.69. The fourth-order valence-electron chi connectivity index (χ4n) is 4.70. The molecular formula is C21H30N4O2. The molecule has 4 rings (SSSR count). The highest BCUT2D eigenvalue weighted by Crippen LogP contribution is 2.42. The molecule has 2 saturated heterocycles. The van der Waals surface area contributed by atoms with E-state index in [0.29, 0.717) is 24.9 Å². The molecule has 6 heteroatoms. The predicted octanol–water partition coefficient (Wildman–Crippen LogP) is 1.91. The molecule has 6 nitrogen and oxygen atoms in total. The molecule has 1 spiro atoms. The van der Waals surface area contributed by atoms with Gasteiger partial charge in [-0.3, -0.25) is 19.5 Å². The van der Waals surface area contributed by atoms with Gasteiger partial charge in [-0.2, -0.15) is 0 Å². The van der Waals surface area contributed by atoms with Gasteiger partial charge in [-0.1, -0.05) is 0 Å². The molecule has 146 valence electrons. The van der Waals surface area contributed by atoms with E-state index in [1.54, 1.807) is 12.4 Å². The molecule has 1 aliphatic carbocycles. The van der Waals surface area contributed by atoms with Gasteiger partial charge in [0.05, 0.1) is 6.54 Å². The van der Waals surface area contributed by atoms with Crippen molar-refractivity contribution in [2.24, 2.45) is 5.41 Å². The molecule has 3 heterocycles. The molecule has 1 aromatic rings. The second-order valence-corrected chi connectivity index (χ2v) is 8.70. The SMILES string of the molecule is CN(CC(=O)N1CCC[C@@]2(CCC(=O)N(C3CC3)C2)C1)Cc1ccncc1. The van der Waals surface area contributed by atoms with Crippen LogP contribution >= 0.6 is 0 Å². The molecule has 1 saturated carbocycles. The Morgan fingerprint density at radius 1 is 1.26 bits per heavy atom. The number of likely N-dealkylation sites (N-methyl/N-ethyl adjacent to an activating group) is 1. The smallest absolute Gasteiger partial charge is 0.236 e. The average Bonchev–Trinajstić information content (AvgIpc) is 3.50. The van der Waals surface area contributed by atoms with Crippen molar-refractivity contribution < 1.29 is 9.59 Å². The Labute approximate surface area is 161 Å². The molecule has 3 aliphatic rings. The molecule has 2 amide bonds. The molecule has 2 aliphatic heterocycles. The number of rotatable bonds is 5. The lowest BCUT2D eigenvalue weighted by molar-refractivity contribution is -0.144. The van der Waals surface area contributed by atoms with Crippen molar-refractivity contribution in [3.8, 4) is 0 Å². The number of pyridine rings is 1. The van der Waals surface area contributed by atoms with Crippen LogP contribution in [0.15, 0.2) is 24.5 Å². The Balaban J connectivity index is 1.34. The second kappa shape index (κ2) is 7.58. The van der Waals surface area contributed by atoms with Gasteiger partial charge in [-0.25, -0.2) is 0 Å². The third kappa shape index (κ3) is 4.32. The number of likely N-dealkylation sites (tertiary alicyclic amines) is 2. The van der Waals surface area contributed by atoms with Crippen molar-refractivity contribution in [3.63, 3.8) is 0 Å². The highest BCUT2D eigenvalue weighted by atomic mass is 16.2. The molecule has 1 atom stereocenters. The Morgan fingerprint density at radius 2 is 2.04 bits per heavy atom. The van der Waals surface area contributed by atoms with E-state index in [0.717, 1.165) is 58.3 Å². The van der Waals surface area contributed by atoms with Gasteiger partial charge in [0.25, 0.3) is 0 Å². The maximum absolute atomic E-state index is 12.9. The van der Waals surface area contributed by atoms with Crippen LogP contribution < -0.4 is 0 Å². The van der Waals surface area contributed by atoms with Gasteiger partial charge in [-0.15, -0.1) is 0 Å². The molecule has 3 fully saturated rings. The lowest BCUT2D eigenvalue weighted by Gasteiger charge is -2.48. The van der Waals surface area contributed by atoms with E-state index >= 15 is 0 Å². The van der Waals surface area contributed by atoms with Gasteiger partial charge in [-0.05, 0) is 56.8 Å². The van der Waals surface area contributed by atoms with Crippen molar-refractivity contribution in [1.29, 1.82) is 0 Å². The van der Waals surface area contributed by atoms with Gasteiger partial charge in [0.15, 0.2) is 0 Å². The normalized spacial score (nSPS) is 26.1. The highest BCUT2D eigenvalue weighted by molar-refractivity contribution is 5.79. The van der Waals surface area contributed by atoms with Crippen LogP contribution in [0.5, 0.6) is 0 Å². The van der Waals surface area contributed by atoms with E-state index in [2.05, 4.69) is 14.8 Å². The predicted molar refractivity (Wildman–Crippen MR) is 103 cm³/mol. The monoisotopic (exact) mass is 370 g/mol. The topological polar surface area (TPSA) is 56.8 Å². The Bertz CT molecular complexity index is 691. The number of piperidine rings is 2. The first-order valence-electron chi connectivity index (χ1n) is 10.2. The lowest BCUT2D eigenvalue weighted by Crippen LogP contribution is -2.56. The van der Waals surface area contributed by atoms with Gasteiger partial charge >= 0.3 is 0 Å². The number of aromatic nitrogens is 1. The number of hydrogen-bond acceptors (Lipinski definition) is 4. The van der Waals surface area contributed by atoms with Crippen LogP contribution in [0.4, 0.5) is 0 Å². The molecule has 0 unspecified atom stereocenters. The molecular weight excluding hydrogens is 340 g/mol. The van der Waals surface area contributed by atoms with Crippen LogP contribution in [0.25, 0.3) is 0 Å². The minimum atomic E-state index is 0.119. The lowest BCUT2D eigenvalue weighted by atomic mass is 9.73. The second-order valence-electron chi connectivity index (χ2n) is 8.70. The minimum absolute atomic E-state index is 0.119. The summed E-state index contributed by atoms with van der Waals surface area (Å²) in [7, 11) is 1.99. The summed E-state index contributed by atoms with van der Waals surface area (Å²) in [4.78, 5) is 35.5. The van der Waals surface area contributed by atoms with Crippen molar-refractivity contribution in [1.82, 2.24) is 19.7 Å². The van der Waals surface area contributed by atoms with Gasteiger partial charge in [0, 0.05) is 56.5 Å². The van der Waals surface area contributed by atoms with Crippen LogP contribution in [-0.4, -0.2) is 70.8 Å². The highest BCUT2D eigenvalue weighted by Gasteiger charge is 2.46. The largest absolute Gasteiger partial charge is 0.341 e. The molecule has 1 aromatic heterocycles. The van der Waals surface area contributed by atoms with Crippen LogP contribution in [0, 0.1) is 5.41 Å². The summed E-state index contributed by atoms with van der Waals surface area (Å²) in [6, 6.07) is 4.46. The standard InChI is InChI=1S/C21H30N4O2/c1-23(13-17-6-10-22-11-7-17)14-20(27)24-12-2-8-21(15-24)9-5-19(26)25(16-21)18-3-4-18/h6-7,10-11,18H,2-5,8-9,12-16H2,1H3/t21-/m1/s1. The third-order valence-electron chi connectivity index (χ3n) is 6.30. The zero-order valence-electron chi connectivity index (χ0n) is 16.3. The number of carbonyl (C=O) groups excluding carboxylic acids is 2. The maximum atomic E-state index is 12.9. The molecule has 0 aromatic carbocycles. The number of carbonyl (C=O) groups is 2. The zero-order valence-corrected chi connectivity index (χ0v) is 16.3. The van der Waals surface area contributed by atoms with E-state index in [4.69, 9.17) is 0 Å². The number of hydrogen-bond donors (Lipinski definition) is 0. The quantitative estimate of drug-likeness (QED) is 0.794. The molecule has 27 heavy (non-hydrogen) atoms. The van der Waals surface area contributed by atoms with Gasteiger partial charge in [0.2, 0.25) is 11.8 Å². The Hall–Kier alpha value is -1.95. The molecule has 0 bridgehead atoms. The fourth-order valence-corrected chi connectivity index (χ4v) is 4.70. The minimum Gasteiger partial charge on any atom is -0.341 e. The summed E-state index contributed by atoms with van der Waals surface area (Å²) >= 11 is 0. The van der Waals surface area contributed by atoms with Crippen LogP contribution in [0.3, 0.4) is 0 Å². The van der Waals surface area contributed by atoms with E-state index in [9.17, 15) is 9.59 Å². The molecule has 0 radical (unpaired) electrons. The molecule has 0 N–H and O–H groups in total. The Morgan fingerprint density at radius 3 is 2.78 bits per heavy atom. The summed E-state index contributed by atoms with van der Waals surface area (Å²) in [5.41, 5.74) is 1.29. The van der Waals surface area contributed by atoms with E-state index < -0.39 is 0 Å². The Kier molecular flexibility index (Phi) is 5.17. The average molecular weight is 370 g/mol. The number of amides is 2. The summed E-state index contributed by atoms with van der Waals surface area (Å²) in [5, 5.41) is 0. The summed E-state index contributed by atoms with van der Waals surface area (Å²) < 4.78 is 0. The van der Waals surface area contributed by atoms with Crippen LogP contribution in [0.1, 0.15) is 44.1 Å². The first-order chi connectivity index (χ1) is 13.0. The first-order valence-corrected chi connectivity index (χ1v) is 10.2. The third-order valence-corrected chi connectivity index (χ3v) is 6.30. The zero-order chi connectivity index (χ0) is 18.9. The van der Waals surface area contributed by atoms with E-state index in [-0.39, 0.29) is 11.3 Å². The van der Waals surface area contributed by atoms with E-state index in [1.165, 1.54) is 5.56 Å². The van der Waals surface area contributed by atoms with E-state index in [1.807, 2.05) is 24.1 Å². The van der Waals surface area contributed by atoms with Crippen LogP contribution in [0.2, 0.25) is 0 Å². The number of nitrogens with zero attached hydrogens (tertiary/aromatic N) is 4. The van der Waals surface area contributed by atoms with Gasteiger partial charge < -0.3 is 9.80 Å². The van der Waals surface area contributed by atoms with Crippen molar-refractivity contribution in [2.45, 2.75) is 51.1 Å². The fraction of sp³-hybridized carbons (Fsp3) is 0.667.